The molecular formula is C27H37N7O2. The summed E-state index contributed by atoms with van der Waals surface area (Å²) in [5.41, 5.74) is 1.94. The molecule has 1 aromatic carbocycles. The lowest BCUT2D eigenvalue weighted by molar-refractivity contribution is 0.0500. The molecule has 0 saturated carbocycles. The van der Waals surface area contributed by atoms with Gasteiger partial charge in [-0.05, 0) is 90.2 Å². The summed E-state index contributed by atoms with van der Waals surface area (Å²) in [6, 6.07) is 10.5. The SMILES string of the molecule is CN1CCC(c2ccc(Nc3nc(N4CCC[C@@H](NC(=O)OC(C)(C)C)C4)cnc3C#N)cc2)CC1. The van der Waals surface area contributed by atoms with Gasteiger partial charge in [-0.15, -0.1) is 0 Å². The van der Waals surface area contributed by atoms with Gasteiger partial charge in [0.15, 0.2) is 11.5 Å². The molecule has 9 nitrogen and oxygen atoms in total. The van der Waals surface area contributed by atoms with Crippen LogP contribution < -0.4 is 15.5 Å². The molecule has 0 unspecified atom stereocenters. The van der Waals surface area contributed by atoms with Gasteiger partial charge >= 0.3 is 6.09 Å². The molecule has 9 heteroatoms. The van der Waals surface area contributed by atoms with E-state index < -0.39 is 11.7 Å². The van der Waals surface area contributed by atoms with E-state index in [1.54, 1.807) is 6.20 Å². The smallest absolute Gasteiger partial charge is 0.407 e. The van der Waals surface area contributed by atoms with Crippen molar-refractivity contribution in [2.75, 3.05) is 43.4 Å². The molecule has 0 spiro atoms. The van der Waals surface area contributed by atoms with Crippen LogP contribution in [0.1, 0.15) is 63.6 Å². The maximum atomic E-state index is 12.2. The first-order valence-electron chi connectivity index (χ1n) is 12.8. The van der Waals surface area contributed by atoms with Crippen LogP contribution >= 0.6 is 0 Å². The number of hydrogen-bond acceptors (Lipinski definition) is 8. The first-order valence-corrected chi connectivity index (χ1v) is 12.8. The highest BCUT2D eigenvalue weighted by molar-refractivity contribution is 5.68. The average molecular weight is 492 g/mol. The molecule has 36 heavy (non-hydrogen) atoms. The first-order chi connectivity index (χ1) is 17.2. The van der Waals surface area contributed by atoms with Crippen LogP contribution in [0.2, 0.25) is 0 Å². The van der Waals surface area contributed by atoms with Crippen LogP contribution in [0, 0.1) is 11.3 Å². The van der Waals surface area contributed by atoms with E-state index in [1.807, 2.05) is 32.9 Å². The number of nitriles is 1. The Labute approximate surface area is 213 Å². The van der Waals surface area contributed by atoms with Crippen molar-refractivity contribution in [2.24, 2.45) is 0 Å². The number of amides is 1. The van der Waals surface area contributed by atoms with Gasteiger partial charge in [0.05, 0.1) is 6.20 Å². The lowest BCUT2D eigenvalue weighted by atomic mass is 9.89. The van der Waals surface area contributed by atoms with Crippen LogP contribution in [0.5, 0.6) is 0 Å². The van der Waals surface area contributed by atoms with E-state index in [4.69, 9.17) is 9.72 Å². The molecule has 0 aliphatic carbocycles. The number of carbonyl (C=O) groups is 1. The van der Waals surface area contributed by atoms with Gasteiger partial charge in [-0.25, -0.2) is 14.8 Å². The van der Waals surface area contributed by atoms with Gasteiger partial charge in [0.1, 0.15) is 17.5 Å². The van der Waals surface area contributed by atoms with E-state index in [0.717, 1.165) is 38.2 Å². The van der Waals surface area contributed by atoms with Crippen molar-refractivity contribution in [3.63, 3.8) is 0 Å². The zero-order chi connectivity index (χ0) is 25.7. The zero-order valence-corrected chi connectivity index (χ0v) is 21.8. The maximum absolute atomic E-state index is 12.2. The van der Waals surface area contributed by atoms with Crippen molar-refractivity contribution in [2.45, 2.75) is 64.0 Å². The zero-order valence-electron chi connectivity index (χ0n) is 21.8. The van der Waals surface area contributed by atoms with Crippen molar-refractivity contribution in [3.8, 4) is 6.07 Å². The van der Waals surface area contributed by atoms with E-state index in [0.29, 0.717) is 24.1 Å². The second-order valence-electron chi connectivity index (χ2n) is 10.8. The van der Waals surface area contributed by atoms with E-state index in [9.17, 15) is 10.1 Å². The molecule has 2 N–H and O–H groups in total. The lowest BCUT2D eigenvalue weighted by Gasteiger charge is -2.34. The second-order valence-corrected chi connectivity index (χ2v) is 10.8. The standard InChI is InChI=1S/C27H37N7O2/c1-27(2,3)36-26(35)31-22-6-5-13-34(18-22)24-17-29-23(16-28)25(32-24)30-21-9-7-19(8-10-21)20-11-14-33(4)15-12-20/h7-10,17,20,22H,5-6,11-15,18H2,1-4H3,(H,30,32)(H,31,35)/t22-/m1/s1. The summed E-state index contributed by atoms with van der Waals surface area (Å²) in [4.78, 5) is 25.8. The lowest BCUT2D eigenvalue weighted by Crippen LogP contribution is -2.49. The number of rotatable bonds is 5. The van der Waals surface area contributed by atoms with Gasteiger partial charge in [-0.3, -0.25) is 0 Å². The Morgan fingerprint density at radius 2 is 1.86 bits per heavy atom. The molecule has 1 amide bonds. The van der Waals surface area contributed by atoms with E-state index in [1.165, 1.54) is 18.4 Å². The molecule has 0 radical (unpaired) electrons. The van der Waals surface area contributed by atoms with Crippen LogP contribution in [-0.4, -0.2) is 65.8 Å². The summed E-state index contributed by atoms with van der Waals surface area (Å²) in [5.74, 6) is 1.70. The molecule has 2 aliphatic rings. The molecule has 1 atom stereocenters. The summed E-state index contributed by atoms with van der Waals surface area (Å²) < 4.78 is 5.40. The molecule has 2 fully saturated rings. The highest BCUT2D eigenvalue weighted by Crippen LogP contribution is 2.29. The first kappa shape index (κ1) is 25.7. The Kier molecular flexibility index (Phi) is 7.94. The Morgan fingerprint density at radius 1 is 1.14 bits per heavy atom. The van der Waals surface area contributed by atoms with Crippen molar-refractivity contribution >= 4 is 23.4 Å². The van der Waals surface area contributed by atoms with Gasteiger partial charge in [0.25, 0.3) is 0 Å². The van der Waals surface area contributed by atoms with Crippen molar-refractivity contribution < 1.29 is 9.53 Å². The minimum absolute atomic E-state index is 0.0467. The summed E-state index contributed by atoms with van der Waals surface area (Å²) in [6.45, 7) is 9.21. The van der Waals surface area contributed by atoms with E-state index >= 15 is 0 Å². The number of aromatic nitrogens is 2. The quantitative estimate of drug-likeness (QED) is 0.634. The molecular weight excluding hydrogens is 454 g/mol. The highest BCUT2D eigenvalue weighted by atomic mass is 16.6. The van der Waals surface area contributed by atoms with Crippen LogP contribution in [0.25, 0.3) is 0 Å². The van der Waals surface area contributed by atoms with Crippen LogP contribution in [0.4, 0.5) is 22.1 Å². The molecule has 2 aliphatic heterocycles. The molecule has 2 saturated heterocycles. The molecule has 1 aromatic heterocycles. The fraction of sp³-hybridized carbons (Fsp3) is 0.556. The summed E-state index contributed by atoms with van der Waals surface area (Å²) in [6.07, 6.45) is 5.34. The Hall–Kier alpha value is -3.38. The molecule has 3 heterocycles. The fourth-order valence-corrected chi connectivity index (χ4v) is 4.80. The van der Waals surface area contributed by atoms with Crippen LogP contribution in [-0.2, 0) is 4.74 Å². The number of likely N-dealkylation sites (tertiary alicyclic amines) is 1. The largest absolute Gasteiger partial charge is 0.444 e. The predicted molar refractivity (Wildman–Crippen MR) is 141 cm³/mol. The minimum Gasteiger partial charge on any atom is -0.444 e. The van der Waals surface area contributed by atoms with Gasteiger partial charge in [-0.1, -0.05) is 12.1 Å². The van der Waals surface area contributed by atoms with Crippen molar-refractivity contribution in [3.05, 3.63) is 41.7 Å². The minimum atomic E-state index is -0.539. The Morgan fingerprint density at radius 3 is 2.53 bits per heavy atom. The number of piperidine rings is 2. The third kappa shape index (κ3) is 6.85. The number of ether oxygens (including phenoxy) is 1. The average Bonchev–Trinajstić information content (AvgIpc) is 2.84. The maximum Gasteiger partial charge on any atom is 0.407 e. The second kappa shape index (κ2) is 11.1. The molecule has 0 bridgehead atoms. The van der Waals surface area contributed by atoms with Crippen molar-refractivity contribution in [1.29, 1.82) is 5.26 Å². The van der Waals surface area contributed by atoms with Gasteiger partial charge < -0.3 is 25.2 Å². The predicted octanol–water partition coefficient (Wildman–Crippen LogP) is 4.39. The number of hydrogen-bond donors (Lipinski definition) is 2. The number of alkyl carbamates (subject to hydrolysis) is 1. The third-order valence-corrected chi connectivity index (χ3v) is 6.70. The van der Waals surface area contributed by atoms with Gasteiger partial charge in [-0.2, -0.15) is 5.26 Å². The Bertz CT molecular complexity index is 1080. The Balaban J connectivity index is 1.42. The number of nitrogens with zero attached hydrogens (tertiary/aromatic N) is 5. The molecule has 192 valence electrons. The van der Waals surface area contributed by atoms with Gasteiger partial charge in [0.2, 0.25) is 0 Å². The van der Waals surface area contributed by atoms with Crippen LogP contribution in [0.15, 0.2) is 30.5 Å². The van der Waals surface area contributed by atoms with E-state index in [2.05, 4.69) is 50.7 Å². The monoisotopic (exact) mass is 491 g/mol. The van der Waals surface area contributed by atoms with E-state index in [-0.39, 0.29) is 11.7 Å². The number of benzene rings is 1. The number of nitrogens with one attached hydrogen (secondary N) is 2. The number of carbonyl (C=O) groups excluding carboxylic acids is 1. The van der Waals surface area contributed by atoms with Gasteiger partial charge in [0, 0.05) is 24.8 Å². The third-order valence-electron chi connectivity index (χ3n) is 6.70. The fourth-order valence-electron chi connectivity index (χ4n) is 4.80. The van der Waals surface area contributed by atoms with Crippen molar-refractivity contribution in [1.82, 2.24) is 20.2 Å². The normalized spacial score (nSPS) is 19.4. The summed E-state index contributed by atoms with van der Waals surface area (Å²) in [5, 5.41) is 15.8. The molecule has 4 rings (SSSR count). The topological polar surface area (TPSA) is 106 Å². The summed E-state index contributed by atoms with van der Waals surface area (Å²) in [7, 11) is 2.17. The van der Waals surface area contributed by atoms with Crippen LogP contribution in [0.3, 0.4) is 0 Å². The summed E-state index contributed by atoms with van der Waals surface area (Å²) >= 11 is 0. The highest BCUT2D eigenvalue weighted by Gasteiger charge is 2.26. The number of anilines is 3. The molecule has 2 aromatic rings.